The van der Waals surface area contributed by atoms with Gasteiger partial charge < -0.3 is 14.9 Å². The molecule has 6 heteroatoms. The zero-order valence-corrected chi connectivity index (χ0v) is 15.0. The second-order valence-electron chi connectivity index (χ2n) is 5.30. The summed E-state index contributed by atoms with van der Waals surface area (Å²) in [5.41, 5.74) is 1.89. The Hall–Kier alpha value is -3.15. The Bertz CT molecular complexity index is 780. The first-order valence-corrected chi connectivity index (χ1v) is 8.11. The van der Waals surface area contributed by atoms with E-state index in [9.17, 15) is 14.4 Å². The van der Waals surface area contributed by atoms with Crippen LogP contribution in [0.25, 0.3) is 0 Å². The van der Waals surface area contributed by atoms with E-state index in [1.807, 2.05) is 19.9 Å². The number of rotatable bonds is 5. The molecule has 0 unspecified atom stereocenters. The third-order valence-electron chi connectivity index (χ3n) is 3.78. The smallest absolute Gasteiger partial charge is 0.337 e. The number of carbonyl (C=O) groups excluding carboxylic acids is 1. The molecule has 0 heterocycles. The first-order valence-electron chi connectivity index (χ1n) is 8.11. The number of methoxy groups -OCH3 is 1. The van der Waals surface area contributed by atoms with Crippen LogP contribution in [-0.2, 0) is 17.6 Å². The summed E-state index contributed by atoms with van der Waals surface area (Å²) in [5, 5.41) is 18.0. The molecule has 2 aromatic carbocycles. The van der Waals surface area contributed by atoms with Gasteiger partial charge >= 0.3 is 17.9 Å². The minimum Gasteiger partial charge on any atom is -0.478 e. The predicted molar refractivity (Wildman–Crippen MR) is 96.9 cm³/mol. The van der Waals surface area contributed by atoms with E-state index in [2.05, 4.69) is 4.74 Å². The van der Waals surface area contributed by atoms with Crippen LogP contribution < -0.4 is 0 Å². The molecule has 2 N–H and O–H groups in total. The van der Waals surface area contributed by atoms with E-state index >= 15 is 0 Å². The number of hydrogen-bond acceptors (Lipinski definition) is 4. The summed E-state index contributed by atoms with van der Waals surface area (Å²) in [6.45, 7) is 3.74. The van der Waals surface area contributed by atoms with Crippen molar-refractivity contribution < 1.29 is 29.3 Å². The second kappa shape index (κ2) is 9.98. The summed E-state index contributed by atoms with van der Waals surface area (Å²) in [6, 6.07) is 11.9. The van der Waals surface area contributed by atoms with E-state index in [1.165, 1.54) is 13.2 Å². The molecule has 26 heavy (non-hydrogen) atoms. The molecule has 138 valence electrons. The lowest BCUT2D eigenvalue weighted by Gasteiger charge is -2.12. The fourth-order valence-corrected chi connectivity index (χ4v) is 2.54. The molecule has 0 aliphatic carbocycles. The van der Waals surface area contributed by atoms with Crippen LogP contribution in [0.2, 0.25) is 0 Å². The normalized spacial score (nSPS) is 9.65. The van der Waals surface area contributed by atoms with Crippen LogP contribution >= 0.6 is 0 Å². The van der Waals surface area contributed by atoms with Crippen molar-refractivity contribution in [1.82, 2.24) is 0 Å². The number of carbonyl (C=O) groups is 3. The number of benzene rings is 2. The van der Waals surface area contributed by atoms with Gasteiger partial charge in [0.25, 0.3) is 0 Å². The largest absolute Gasteiger partial charge is 0.478 e. The van der Waals surface area contributed by atoms with Crippen molar-refractivity contribution in [3.63, 3.8) is 0 Å². The number of esters is 1. The Kier molecular flexibility index (Phi) is 8.02. The average molecular weight is 358 g/mol. The monoisotopic (exact) mass is 358 g/mol. The highest BCUT2D eigenvalue weighted by molar-refractivity contribution is 6.03. The fourth-order valence-electron chi connectivity index (χ4n) is 2.54. The van der Waals surface area contributed by atoms with Gasteiger partial charge in [0, 0.05) is 0 Å². The van der Waals surface area contributed by atoms with Crippen molar-refractivity contribution in [2.75, 3.05) is 7.11 Å². The summed E-state index contributed by atoms with van der Waals surface area (Å²) < 4.78 is 4.50. The molecule has 0 fully saturated rings. The molecular formula is C20H22O6. The maximum absolute atomic E-state index is 11.1. The van der Waals surface area contributed by atoms with Crippen molar-refractivity contribution >= 4 is 17.9 Å². The predicted octanol–water partition coefficient (Wildman–Crippen LogP) is 3.68. The third kappa shape index (κ3) is 5.17. The van der Waals surface area contributed by atoms with E-state index in [-0.39, 0.29) is 17.1 Å². The zero-order chi connectivity index (χ0) is 19.7. The molecule has 0 saturated heterocycles. The van der Waals surface area contributed by atoms with E-state index < -0.39 is 11.9 Å². The summed E-state index contributed by atoms with van der Waals surface area (Å²) >= 11 is 0. The van der Waals surface area contributed by atoms with Crippen LogP contribution in [0, 0.1) is 0 Å². The molecule has 0 radical (unpaired) electrons. The van der Waals surface area contributed by atoms with Crippen LogP contribution in [0.1, 0.15) is 56.0 Å². The highest BCUT2D eigenvalue weighted by Gasteiger charge is 2.21. The summed E-state index contributed by atoms with van der Waals surface area (Å²) in [6.07, 6.45) is 1.22. The number of aryl methyl sites for hydroxylation is 1. The fraction of sp³-hybridized carbons (Fsp3) is 0.250. The van der Waals surface area contributed by atoms with Gasteiger partial charge in [-0.05, 0) is 42.2 Å². The standard InChI is InChI=1S/C12H14O4.C8H8O2/c1-3-7-5-6-9(11(13)14)10(12(15)16)8(7)4-2;1-10-8(9)7-5-3-2-4-6-7/h5-6H,3-4H2,1-2H3,(H,13,14)(H,15,16);2-6H,1H3. The molecule has 0 bridgehead atoms. The van der Waals surface area contributed by atoms with E-state index in [0.717, 1.165) is 5.56 Å². The molecule has 2 aromatic rings. The summed E-state index contributed by atoms with van der Waals surface area (Å²) in [7, 11) is 1.37. The lowest BCUT2D eigenvalue weighted by molar-refractivity contribution is 0.0599. The first kappa shape index (κ1) is 20.9. The Morgan fingerprint density at radius 2 is 1.50 bits per heavy atom. The third-order valence-corrected chi connectivity index (χ3v) is 3.78. The van der Waals surface area contributed by atoms with Crippen molar-refractivity contribution in [1.29, 1.82) is 0 Å². The van der Waals surface area contributed by atoms with Crippen molar-refractivity contribution in [3.05, 3.63) is 70.3 Å². The van der Waals surface area contributed by atoms with Crippen LogP contribution in [0.15, 0.2) is 42.5 Å². The Morgan fingerprint density at radius 1 is 0.885 bits per heavy atom. The highest BCUT2D eigenvalue weighted by Crippen LogP contribution is 2.21. The Labute approximate surface area is 152 Å². The van der Waals surface area contributed by atoms with Gasteiger partial charge in [-0.3, -0.25) is 0 Å². The van der Waals surface area contributed by atoms with Gasteiger partial charge in [-0.15, -0.1) is 0 Å². The van der Waals surface area contributed by atoms with Gasteiger partial charge in [0.2, 0.25) is 0 Å². The van der Waals surface area contributed by atoms with Crippen molar-refractivity contribution in [2.45, 2.75) is 26.7 Å². The van der Waals surface area contributed by atoms with Crippen LogP contribution in [0.4, 0.5) is 0 Å². The number of carboxylic acids is 2. The zero-order valence-electron chi connectivity index (χ0n) is 15.0. The van der Waals surface area contributed by atoms with Gasteiger partial charge in [-0.1, -0.05) is 38.1 Å². The van der Waals surface area contributed by atoms with E-state index in [0.29, 0.717) is 24.0 Å². The lowest BCUT2D eigenvalue weighted by atomic mass is 9.93. The van der Waals surface area contributed by atoms with Gasteiger partial charge in [-0.2, -0.15) is 0 Å². The van der Waals surface area contributed by atoms with Crippen LogP contribution in [0.5, 0.6) is 0 Å². The minimum absolute atomic E-state index is 0.0747. The molecule has 0 saturated carbocycles. The minimum atomic E-state index is -1.20. The van der Waals surface area contributed by atoms with Crippen molar-refractivity contribution in [2.24, 2.45) is 0 Å². The molecule has 0 amide bonds. The lowest BCUT2D eigenvalue weighted by Crippen LogP contribution is -2.13. The quantitative estimate of drug-likeness (QED) is 0.791. The van der Waals surface area contributed by atoms with Gasteiger partial charge in [0.05, 0.1) is 23.8 Å². The molecule has 0 spiro atoms. The van der Waals surface area contributed by atoms with Gasteiger partial charge in [-0.25, -0.2) is 14.4 Å². The van der Waals surface area contributed by atoms with E-state index in [1.54, 1.807) is 30.3 Å². The SMILES string of the molecule is CCc1ccc(C(=O)O)c(C(=O)O)c1CC.COC(=O)c1ccccc1. The summed E-state index contributed by atoms with van der Waals surface area (Å²) in [5.74, 6) is -2.67. The highest BCUT2D eigenvalue weighted by atomic mass is 16.5. The second-order valence-corrected chi connectivity index (χ2v) is 5.30. The first-order chi connectivity index (χ1) is 12.4. The number of carboxylic acid groups (broad SMARTS) is 2. The van der Waals surface area contributed by atoms with Crippen molar-refractivity contribution in [3.8, 4) is 0 Å². The molecule has 0 aliphatic rings. The number of hydrogen-bond donors (Lipinski definition) is 2. The molecule has 6 nitrogen and oxygen atoms in total. The topological polar surface area (TPSA) is 101 Å². The maximum atomic E-state index is 11.1. The Morgan fingerprint density at radius 3 is 1.92 bits per heavy atom. The number of aromatic carboxylic acids is 2. The number of ether oxygens (including phenoxy) is 1. The Balaban J connectivity index is 0.000000289. The van der Waals surface area contributed by atoms with Crippen LogP contribution in [-0.4, -0.2) is 35.2 Å². The van der Waals surface area contributed by atoms with E-state index in [4.69, 9.17) is 10.2 Å². The van der Waals surface area contributed by atoms with Crippen LogP contribution in [0.3, 0.4) is 0 Å². The molecule has 0 atom stereocenters. The maximum Gasteiger partial charge on any atom is 0.337 e. The molecule has 0 aromatic heterocycles. The molecule has 0 aliphatic heterocycles. The summed E-state index contributed by atoms with van der Waals surface area (Å²) in [4.78, 5) is 32.8. The average Bonchev–Trinajstić information content (AvgIpc) is 2.66. The van der Waals surface area contributed by atoms with Gasteiger partial charge in [0.15, 0.2) is 0 Å². The van der Waals surface area contributed by atoms with Gasteiger partial charge in [0.1, 0.15) is 0 Å². The molecule has 2 rings (SSSR count). The molecular weight excluding hydrogens is 336 g/mol.